The van der Waals surface area contributed by atoms with E-state index in [0.717, 1.165) is 29.0 Å². The average Bonchev–Trinajstić information content (AvgIpc) is 3.25. The van der Waals surface area contributed by atoms with Crippen LogP contribution >= 0.6 is 0 Å². The van der Waals surface area contributed by atoms with Crippen molar-refractivity contribution in [2.75, 3.05) is 11.5 Å². The second-order valence-corrected chi connectivity index (χ2v) is 9.94. The molecule has 0 fully saturated rings. The van der Waals surface area contributed by atoms with Crippen molar-refractivity contribution in [2.45, 2.75) is 11.8 Å². The summed E-state index contributed by atoms with van der Waals surface area (Å²) in [5, 5.41) is 0. The van der Waals surface area contributed by atoms with Gasteiger partial charge in [-0.25, -0.2) is 4.79 Å². The fourth-order valence-corrected chi connectivity index (χ4v) is 6.80. The number of nitrogens with zero attached hydrogens (tertiary/aromatic N) is 1. The number of benzene rings is 5. The minimum atomic E-state index is -0.408. The Morgan fingerprint density at radius 3 is 1.76 bits per heavy atom. The monoisotopic (exact) mass is 477 g/mol. The molecular formula is C34H23NO2. The normalized spacial score (nSPS) is 15.8. The summed E-state index contributed by atoms with van der Waals surface area (Å²) in [5.74, 6) is -0.231. The molecule has 176 valence electrons. The van der Waals surface area contributed by atoms with Crippen LogP contribution < -0.4 is 4.90 Å². The molecule has 0 bridgehead atoms. The maximum Gasteiger partial charge on any atom is 0.338 e. The van der Waals surface area contributed by atoms with Gasteiger partial charge in [0.2, 0.25) is 0 Å². The van der Waals surface area contributed by atoms with E-state index in [2.05, 4.69) is 108 Å². The van der Waals surface area contributed by atoms with Gasteiger partial charge in [0, 0.05) is 12.1 Å². The molecule has 2 aliphatic heterocycles. The third-order valence-electron chi connectivity index (χ3n) is 8.22. The van der Waals surface area contributed by atoms with Crippen LogP contribution in [-0.4, -0.2) is 12.6 Å². The number of carbonyl (C=O) groups is 1. The first-order chi connectivity index (χ1) is 18.3. The number of esters is 1. The van der Waals surface area contributed by atoms with Crippen LogP contribution in [0.25, 0.3) is 11.1 Å². The van der Waals surface area contributed by atoms with Gasteiger partial charge in [0.05, 0.1) is 29.0 Å². The molecular weight excluding hydrogens is 454 g/mol. The minimum absolute atomic E-state index is 0.231. The number of rotatable bonds is 1. The van der Waals surface area contributed by atoms with E-state index in [4.69, 9.17) is 4.74 Å². The fourth-order valence-electron chi connectivity index (χ4n) is 6.80. The Balaban J connectivity index is 1.46. The van der Waals surface area contributed by atoms with Crippen molar-refractivity contribution in [3.05, 3.63) is 149 Å². The van der Waals surface area contributed by atoms with Crippen molar-refractivity contribution in [3.63, 3.8) is 0 Å². The van der Waals surface area contributed by atoms with Gasteiger partial charge in [-0.2, -0.15) is 0 Å². The molecule has 3 aliphatic rings. The summed E-state index contributed by atoms with van der Waals surface area (Å²) >= 11 is 0. The number of ether oxygens (including phenoxy) is 1. The molecule has 37 heavy (non-hydrogen) atoms. The van der Waals surface area contributed by atoms with Gasteiger partial charge < -0.3 is 9.64 Å². The zero-order chi connectivity index (χ0) is 24.6. The van der Waals surface area contributed by atoms with Gasteiger partial charge in [-0.15, -0.1) is 0 Å². The van der Waals surface area contributed by atoms with E-state index in [1.807, 2.05) is 12.1 Å². The van der Waals surface area contributed by atoms with E-state index in [0.29, 0.717) is 12.2 Å². The van der Waals surface area contributed by atoms with Gasteiger partial charge in [-0.1, -0.05) is 84.9 Å². The van der Waals surface area contributed by atoms with Crippen LogP contribution in [0.15, 0.2) is 115 Å². The number of para-hydroxylation sites is 2. The average molecular weight is 478 g/mol. The second kappa shape index (κ2) is 7.44. The van der Waals surface area contributed by atoms with Crippen molar-refractivity contribution >= 4 is 23.0 Å². The van der Waals surface area contributed by atoms with E-state index in [1.165, 1.54) is 33.4 Å². The molecule has 0 saturated heterocycles. The largest absolute Gasteiger partial charge is 0.462 e. The Bertz CT molecular complexity index is 1660. The summed E-state index contributed by atoms with van der Waals surface area (Å²) in [5.41, 5.74) is 12.4. The molecule has 0 atom stereocenters. The topological polar surface area (TPSA) is 29.5 Å². The molecule has 0 amide bonds. The van der Waals surface area contributed by atoms with Crippen molar-refractivity contribution < 1.29 is 9.53 Å². The quantitative estimate of drug-likeness (QED) is 0.229. The first kappa shape index (κ1) is 20.6. The first-order valence-electron chi connectivity index (χ1n) is 12.8. The Kier molecular flexibility index (Phi) is 4.13. The lowest BCUT2D eigenvalue weighted by atomic mass is 9.64. The molecule has 1 aliphatic carbocycles. The van der Waals surface area contributed by atoms with Gasteiger partial charge >= 0.3 is 5.97 Å². The van der Waals surface area contributed by atoms with Gasteiger partial charge in [0.15, 0.2) is 0 Å². The number of fused-ring (bicyclic) bond motifs is 10. The fraction of sp³-hybridized carbons (Fsp3) is 0.0882. The molecule has 2 heterocycles. The lowest BCUT2D eigenvalue weighted by molar-refractivity contribution is 0.0480. The molecule has 0 unspecified atom stereocenters. The van der Waals surface area contributed by atoms with Crippen molar-refractivity contribution in [1.82, 2.24) is 0 Å². The van der Waals surface area contributed by atoms with E-state index < -0.39 is 5.41 Å². The van der Waals surface area contributed by atoms with Crippen LogP contribution in [0.4, 0.5) is 17.1 Å². The van der Waals surface area contributed by atoms with Gasteiger partial charge in [-0.05, 0) is 69.3 Å². The van der Waals surface area contributed by atoms with Crippen LogP contribution in [0.1, 0.15) is 38.2 Å². The number of anilines is 3. The maximum atomic E-state index is 12.3. The van der Waals surface area contributed by atoms with Crippen LogP contribution in [0.3, 0.4) is 0 Å². The van der Waals surface area contributed by atoms with Gasteiger partial charge in [0.25, 0.3) is 0 Å². The highest BCUT2D eigenvalue weighted by atomic mass is 16.5. The summed E-state index contributed by atoms with van der Waals surface area (Å²) in [6.45, 7) is 0.430. The highest BCUT2D eigenvalue weighted by Crippen LogP contribution is 2.63. The van der Waals surface area contributed by atoms with Crippen LogP contribution in [-0.2, 0) is 16.6 Å². The molecule has 1 spiro atoms. The van der Waals surface area contributed by atoms with Gasteiger partial charge in [-0.3, -0.25) is 0 Å². The van der Waals surface area contributed by atoms with Gasteiger partial charge in [0.1, 0.15) is 0 Å². The molecule has 3 heteroatoms. The Hall–Kier alpha value is -4.63. The van der Waals surface area contributed by atoms with Crippen LogP contribution in [0.5, 0.6) is 0 Å². The van der Waals surface area contributed by atoms with E-state index in [-0.39, 0.29) is 5.97 Å². The van der Waals surface area contributed by atoms with Crippen LogP contribution in [0, 0.1) is 0 Å². The summed E-state index contributed by atoms with van der Waals surface area (Å²) < 4.78 is 5.28. The lowest BCUT2D eigenvalue weighted by Crippen LogP contribution is -2.36. The summed E-state index contributed by atoms with van der Waals surface area (Å²) in [6, 6.07) is 41.4. The number of carbonyl (C=O) groups excluding carboxylic acids is 1. The Morgan fingerprint density at radius 1 is 0.595 bits per heavy atom. The smallest absolute Gasteiger partial charge is 0.338 e. The first-order valence-corrected chi connectivity index (χ1v) is 12.8. The number of cyclic esters (lactones) is 1. The minimum Gasteiger partial charge on any atom is -0.462 e. The van der Waals surface area contributed by atoms with Crippen LogP contribution in [0.2, 0.25) is 0 Å². The summed E-state index contributed by atoms with van der Waals surface area (Å²) in [4.78, 5) is 14.7. The standard InChI is InChI=1S/C34H23NO2/c36-33-24-18-17-23(21-22(24)19-20-37-33)35-31-15-7-5-13-29(31)34(30-14-6-8-16-32(30)35)27-11-3-1-9-25(27)26-10-2-4-12-28(26)34/h1-18,21H,19-20H2. The maximum absolute atomic E-state index is 12.3. The molecule has 5 aromatic carbocycles. The molecule has 3 nitrogen and oxygen atoms in total. The Labute approximate surface area is 215 Å². The number of hydrogen-bond donors (Lipinski definition) is 0. The lowest BCUT2D eigenvalue weighted by Gasteiger charge is -2.45. The predicted molar refractivity (Wildman–Crippen MR) is 146 cm³/mol. The highest BCUT2D eigenvalue weighted by molar-refractivity contribution is 5.97. The zero-order valence-electron chi connectivity index (χ0n) is 20.1. The van der Waals surface area contributed by atoms with E-state index >= 15 is 0 Å². The molecule has 0 radical (unpaired) electrons. The van der Waals surface area contributed by atoms with Crippen molar-refractivity contribution in [3.8, 4) is 11.1 Å². The Morgan fingerprint density at radius 2 is 1.14 bits per heavy atom. The summed E-state index contributed by atoms with van der Waals surface area (Å²) in [7, 11) is 0. The predicted octanol–water partition coefficient (Wildman–Crippen LogP) is 7.55. The molecule has 0 N–H and O–H groups in total. The highest BCUT2D eigenvalue weighted by Gasteiger charge is 2.51. The van der Waals surface area contributed by atoms with Crippen molar-refractivity contribution in [1.29, 1.82) is 0 Å². The number of hydrogen-bond acceptors (Lipinski definition) is 3. The SMILES string of the molecule is O=C1OCCc2cc(N3c4ccccc4C4(c5ccccc5-c5ccccc54)c4ccccc43)ccc21. The zero-order valence-corrected chi connectivity index (χ0v) is 20.1. The molecule has 8 rings (SSSR count). The molecule has 5 aromatic rings. The third kappa shape index (κ3) is 2.58. The molecule has 0 saturated carbocycles. The molecule has 0 aromatic heterocycles. The van der Waals surface area contributed by atoms with E-state index in [1.54, 1.807) is 0 Å². The summed E-state index contributed by atoms with van der Waals surface area (Å²) in [6.07, 6.45) is 0.733. The van der Waals surface area contributed by atoms with Crippen molar-refractivity contribution in [2.24, 2.45) is 0 Å². The second-order valence-electron chi connectivity index (χ2n) is 9.94. The third-order valence-corrected chi connectivity index (χ3v) is 8.22. The van der Waals surface area contributed by atoms with E-state index in [9.17, 15) is 4.79 Å².